The number of hydrogen-bond acceptors (Lipinski definition) is 5. The first-order chi connectivity index (χ1) is 14.0. The zero-order valence-electron chi connectivity index (χ0n) is 17.4. The molecule has 2 aliphatic heterocycles. The van der Waals surface area contributed by atoms with Crippen LogP contribution >= 0.6 is 0 Å². The van der Waals surface area contributed by atoms with Gasteiger partial charge in [0.2, 0.25) is 5.95 Å². The van der Waals surface area contributed by atoms with Crippen LogP contribution in [0.4, 0.5) is 11.8 Å². The Morgan fingerprint density at radius 3 is 2.45 bits per heavy atom. The molecule has 2 saturated heterocycles. The summed E-state index contributed by atoms with van der Waals surface area (Å²) in [6, 6.07) is 8.26. The molecule has 3 aliphatic rings. The number of piperidine rings is 1. The van der Waals surface area contributed by atoms with Crippen LogP contribution in [0.1, 0.15) is 50.5 Å². The topological polar surface area (TPSA) is 73.4 Å². The minimum Gasteiger partial charge on any atom is -0.383 e. The second kappa shape index (κ2) is 6.87. The lowest BCUT2D eigenvalue weighted by Gasteiger charge is -2.39. The van der Waals surface area contributed by atoms with Crippen molar-refractivity contribution >= 4 is 11.8 Å². The first-order valence-electron chi connectivity index (χ1n) is 10.8. The van der Waals surface area contributed by atoms with Gasteiger partial charge >= 0.3 is 0 Å². The van der Waals surface area contributed by atoms with Crippen molar-refractivity contribution in [3.05, 3.63) is 40.2 Å². The summed E-state index contributed by atoms with van der Waals surface area (Å²) >= 11 is 0. The summed E-state index contributed by atoms with van der Waals surface area (Å²) in [6.45, 7) is 4.77. The van der Waals surface area contributed by atoms with E-state index in [2.05, 4.69) is 28.9 Å². The van der Waals surface area contributed by atoms with Gasteiger partial charge in [-0.1, -0.05) is 24.3 Å². The van der Waals surface area contributed by atoms with Gasteiger partial charge in [-0.3, -0.25) is 9.36 Å². The molecule has 2 aromatic rings. The third-order valence-corrected chi connectivity index (χ3v) is 7.04. The molecule has 1 atom stereocenters. The molecular weight excluding hydrogens is 364 g/mol. The number of nitrogen functional groups attached to an aromatic ring is 1. The van der Waals surface area contributed by atoms with Crippen molar-refractivity contribution in [1.82, 2.24) is 9.55 Å². The number of rotatable bonds is 3. The summed E-state index contributed by atoms with van der Waals surface area (Å²) in [5, 5.41) is 0. The Morgan fingerprint density at radius 2 is 1.86 bits per heavy atom. The van der Waals surface area contributed by atoms with Gasteiger partial charge < -0.3 is 15.4 Å². The Balaban J connectivity index is 1.40. The lowest BCUT2D eigenvalue weighted by Crippen LogP contribution is -2.43. The summed E-state index contributed by atoms with van der Waals surface area (Å²) in [5.41, 5.74) is 9.22. The van der Waals surface area contributed by atoms with Crippen molar-refractivity contribution in [2.75, 3.05) is 30.3 Å². The minimum atomic E-state index is -0.0789. The molecule has 1 spiro atoms. The van der Waals surface area contributed by atoms with Crippen molar-refractivity contribution in [2.24, 2.45) is 12.5 Å². The van der Waals surface area contributed by atoms with Crippen LogP contribution in [0.15, 0.2) is 29.1 Å². The SMILES string of the molecule is C[C@H]1CC2(CCN(c3nc(N)c(-c4ccc(C5CC5)cc4)c(=O)n3C)CC2)CO1. The molecule has 6 heteroatoms. The Bertz CT molecular complexity index is 970. The van der Waals surface area contributed by atoms with Gasteiger partial charge in [-0.2, -0.15) is 4.98 Å². The Labute approximate surface area is 171 Å². The van der Waals surface area contributed by atoms with Gasteiger partial charge in [0.1, 0.15) is 5.82 Å². The largest absolute Gasteiger partial charge is 0.383 e. The maximum absolute atomic E-state index is 13.2. The molecule has 0 radical (unpaired) electrons. The van der Waals surface area contributed by atoms with Gasteiger partial charge in [0.05, 0.1) is 18.3 Å². The highest BCUT2D eigenvalue weighted by Gasteiger charge is 2.41. The number of nitrogens with two attached hydrogens (primary N) is 1. The molecule has 29 heavy (non-hydrogen) atoms. The molecule has 5 rings (SSSR count). The highest BCUT2D eigenvalue weighted by Crippen LogP contribution is 2.43. The average Bonchev–Trinajstić information content (AvgIpc) is 3.50. The van der Waals surface area contributed by atoms with Gasteiger partial charge in [-0.25, -0.2) is 0 Å². The number of ether oxygens (including phenoxy) is 1. The van der Waals surface area contributed by atoms with E-state index in [-0.39, 0.29) is 5.56 Å². The fourth-order valence-corrected chi connectivity index (χ4v) is 5.08. The zero-order valence-corrected chi connectivity index (χ0v) is 17.4. The molecular formula is C23H30N4O2. The Morgan fingerprint density at radius 1 is 1.17 bits per heavy atom. The van der Waals surface area contributed by atoms with E-state index < -0.39 is 0 Å². The Kier molecular flexibility index (Phi) is 4.42. The van der Waals surface area contributed by atoms with Crippen LogP contribution in [0.2, 0.25) is 0 Å². The van der Waals surface area contributed by atoms with E-state index in [1.165, 1.54) is 18.4 Å². The van der Waals surface area contributed by atoms with Crippen molar-refractivity contribution in [3.63, 3.8) is 0 Å². The molecule has 1 aliphatic carbocycles. The van der Waals surface area contributed by atoms with Gasteiger partial charge in [0, 0.05) is 20.1 Å². The Hall–Kier alpha value is -2.34. The summed E-state index contributed by atoms with van der Waals surface area (Å²) < 4.78 is 7.49. The van der Waals surface area contributed by atoms with Gasteiger partial charge in [0.15, 0.2) is 0 Å². The summed E-state index contributed by atoms with van der Waals surface area (Å²) in [6.07, 6.45) is 6.15. The second-order valence-corrected chi connectivity index (χ2v) is 9.25. The minimum absolute atomic E-state index is 0.0789. The predicted octanol–water partition coefficient (Wildman–Crippen LogP) is 3.30. The number of hydrogen-bond donors (Lipinski definition) is 1. The summed E-state index contributed by atoms with van der Waals surface area (Å²) in [7, 11) is 1.80. The lowest BCUT2D eigenvalue weighted by molar-refractivity contribution is 0.0974. The first kappa shape index (κ1) is 18.7. The van der Waals surface area contributed by atoms with Crippen molar-refractivity contribution in [2.45, 2.75) is 51.0 Å². The molecule has 2 N–H and O–H groups in total. The molecule has 1 saturated carbocycles. The predicted molar refractivity (Wildman–Crippen MR) is 115 cm³/mol. The number of aromatic nitrogens is 2. The second-order valence-electron chi connectivity index (χ2n) is 9.25. The van der Waals surface area contributed by atoms with Crippen LogP contribution in [0.3, 0.4) is 0 Å². The van der Waals surface area contributed by atoms with E-state index in [4.69, 9.17) is 10.5 Å². The van der Waals surface area contributed by atoms with Crippen LogP contribution in [0.5, 0.6) is 0 Å². The summed E-state index contributed by atoms with van der Waals surface area (Å²) in [4.78, 5) is 20.0. The molecule has 3 fully saturated rings. The molecule has 0 unspecified atom stereocenters. The van der Waals surface area contributed by atoms with Crippen LogP contribution < -0.4 is 16.2 Å². The van der Waals surface area contributed by atoms with Crippen LogP contribution in [0.25, 0.3) is 11.1 Å². The lowest BCUT2D eigenvalue weighted by atomic mass is 9.77. The molecule has 1 aromatic heterocycles. The quantitative estimate of drug-likeness (QED) is 0.865. The van der Waals surface area contributed by atoms with E-state index in [1.807, 2.05) is 12.1 Å². The van der Waals surface area contributed by atoms with Crippen molar-refractivity contribution in [3.8, 4) is 11.1 Å². The average molecular weight is 395 g/mol. The smallest absolute Gasteiger partial charge is 0.264 e. The van der Waals surface area contributed by atoms with E-state index in [9.17, 15) is 4.79 Å². The third-order valence-electron chi connectivity index (χ3n) is 7.04. The molecule has 3 heterocycles. The maximum Gasteiger partial charge on any atom is 0.264 e. The fourth-order valence-electron chi connectivity index (χ4n) is 5.08. The van der Waals surface area contributed by atoms with Gasteiger partial charge in [-0.15, -0.1) is 0 Å². The fraction of sp³-hybridized carbons (Fsp3) is 0.565. The van der Waals surface area contributed by atoms with E-state index in [1.54, 1.807) is 11.6 Å². The van der Waals surface area contributed by atoms with Crippen molar-refractivity contribution < 1.29 is 4.74 Å². The molecule has 6 nitrogen and oxygen atoms in total. The summed E-state index contributed by atoms with van der Waals surface area (Å²) in [5.74, 6) is 1.69. The van der Waals surface area contributed by atoms with Gasteiger partial charge in [-0.05, 0) is 61.5 Å². The maximum atomic E-state index is 13.2. The zero-order chi connectivity index (χ0) is 20.2. The van der Waals surface area contributed by atoms with Crippen LogP contribution in [-0.2, 0) is 11.8 Å². The highest BCUT2D eigenvalue weighted by atomic mass is 16.5. The number of nitrogens with zero attached hydrogens (tertiary/aromatic N) is 3. The molecule has 0 amide bonds. The molecule has 0 bridgehead atoms. The first-order valence-corrected chi connectivity index (χ1v) is 10.8. The van der Waals surface area contributed by atoms with Crippen molar-refractivity contribution in [1.29, 1.82) is 0 Å². The number of anilines is 2. The molecule has 1 aromatic carbocycles. The van der Waals surface area contributed by atoms with Crippen LogP contribution in [-0.4, -0.2) is 35.4 Å². The highest BCUT2D eigenvalue weighted by molar-refractivity contribution is 5.74. The third kappa shape index (κ3) is 3.33. The molecule has 154 valence electrons. The monoisotopic (exact) mass is 394 g/mol. The van der Waals surface area contributed by atoms with E-state index in [0.29, 0.717) is 34.8 Å². The van der Waals surface area contributed by atoms with Crippen LogP contribution in [0, 0.1) is 5.41 Å². The normalized spacial score (nSPS) is 23.7. The van der Waals surface area contributed by atoms with E-state index >= 15 is 0 Å². The van der Waals surface area contributed by atoms with Gasteiger partial charge in [0.25, 0.3) is 5.56 Å². The van der Waals surface area contributed by atoms with E-state index in [0.717, 1.165) is 44.5 Å². The standard InChI is InChI=1S/C23H30N4O2/c1-15-13-23(14-29-15)9-11-27(12-10-23)22-25-20(24)19(21(28)26(22)2)18-7-5-17(6-8-18)16-3-4-16/h5-8,15-16H,3-4,9-14,24H2,1-2H3/t15-/m0/s1. The number of benzene rings is 1.